The zero-order valence-electron chi connectivity index (χ0n) is 8.85. The Morgan fingerprint density at radius 2 is 2.25 bits per heavy atom. The Balaban J connectivity index is 2.06. The molecule has 16 heavy (non-hydrogen) atoms. The lowest BCUT2D eigenvalue weighted by Gasteiger charge is -2.20. The van der Waals surface area contributed by atoms with Gasteiger partial charge in [-0.1, -0.05) is 0 Å². The summed E-state index contributed by atoms with van der Waals surface area (Å²) in [4.78, 5) is 11.2. The van der Waals surface area contributed by atoms with Gasteiger partial charge >= 0.3 is 0 Å². The second kappa shape index (κ2) is 3.75. The molecule has 84 valence electrons. The molecule has 2 aromatic rings. The number of fused-ring (bicyclic) bond motifs is 1. The quantitative estimate of drug-likeness (QED) is 0.775. The zero-order valence-corrected chi connectivity index (χ0v) is 8.85. The predicted octanol–water partition coefficient (Wildman–Crippen LogP) is 0.917. The van der Waals surface area contributed by atoms with E-state index in [0.29, 0.717) is 5.92 Å². The van der Waals surface area contributed by atoms with Gasteiger partial charge in [0.25, 0.3) is 0 Å². The third-order valence-corrected chi connectivity index (χ3v) is 3.04. The maximum atomic E-state index is 11.2. The smallest absolute Gasteiger partial charge is 0.183 e. The molecular formula is C11H13N3O2. The lowest BCUT2D eigenvalue weighted by Crippen LogP contribution is -2.16. The van der Waals surface area contributed by atoms with E-state index in [1.165, 1.54) is 0 Å². The van der Waals surface area contributed by atoms with Gasteiger partial charge in [0.1, 0.15) is 11.5 Å². The highest BCUT2D eigenvalue weighted by Crippen LogP contribution is 2.25. The number of ether oxygens (including phenoxy) is 1. The van der Waals surface area contributed by atoms with Crippen molar-refractivity contribution in [2.75, 3.05) is 13.2 Å². The van der Waals surface area contributed by atoms with Crippen LogP contribution in [0.3, 0.4) is 0 Å². The molecule has 3 heterocycles. The summed E-state index contributed by atoms with van der Waals surface area (Å²) < 4.78 is 7.29. The van der Waals surface area contributed by atoms with E-state index < -0.39 is 0 Å². The Morgan fingerprint density at radius 1 is 1.44 bits per heavy atom. The van der Waals surface area contributed by atoms with Crippen molar-refractivity contribution in [2.24, 2.45) is 0 Å². The van der Waals surface area contributed by atoms with E-state index >= 15 is 0 Å². The van der Waals surface area contributed by atoms with Crippen LogP contribution < -0.4 is 5.43 Å². The van der Waals surface area contributed by atoms with Gasteiger partial charge in [0.15, 0.2) is 5.43 Å². The molecule has 0 saturated carbocycles. The third kappa shape index (κ3) is 1.53. The molecule has 5 nitrogen and oxygen atoms in total. The van der Waals surface area contributed by atoms with E-state index in [1.54, 1.807) is 18.3 Å². The number of H-pyrrole nitrogens is 1. The second-order valence-electron chi connectivity index (χ2n) is 4.09. The van der Waals surface area contributed by atoms with Crippen LogP contribution in [0.4, 0.5) is 0 Å². The summed E-state index contributed by atoms with van der Waals surface area (Å²) >= 11 is 0. The Labute approximate surface area is 92.1 Å². The summed E-state index contributed by atoms with van der Waals surface area (Å²) in [5.41, 5.74) is 0.760. The van der Waals surface area contributed by atoms with Crippen LogP contribution in [0.15, 0.2) is 23.1 Å². The van der Waals surface area contributed by atoms with E-state index in [2.05, 4.69) is 10.2 Å². The molecule has 3 rings (SSSR count). The van der Waals surface area contributed by atoms with Crippen LogP contribution in [-0.4, -0.2) is 27.8 Å². The molecule has 1 aliphatic rings. The average Bonchev–Trinajstić information content (AvgIpc) is 2.73. The Bertz CT molecular complexity index is 552. The van der Waals surface area contributed by atoms with Crippen LogP contribution in [0.1, 0.15) is 24.6 Å². The number of aromatic nitrogens is 3. The van der Waals surface area contributed by atoms with Crippen molar-refractivity contribution in [3.8, 4) is 0 Å². The molecule has 0 spiro atoms. The van der Waals surface area contributed by atoms with Crippen LogP contribution in [0.2, 0.25) is 0 Å². The molecular weight excluding hydrogens is 206 g/mol. The highest BCUT2D eigenvalue weighted by molar-refractivity contribution is 5.37. The first-order chi connectivity index (χ1) is 7.84. The first kappa shape index (κ1) is 9.59. The molecule has 0 aromatic carbocycles. The highest BCUT2D eigenvalue weighted by atomic mass is 16.5. The van der Waals surface area contributed by atoms with Crippen LogP contribution >= 0.6 is 0 Å². The standard InChI is InChI=1S/C11H13N3O2/c15-9-1-4-14-10(7-9)12-13-11(14)8-2-5-16-6-3-8/h1,4,7-8,12H,2-3,5-6H2. The van der Waals surface area contributed by atoms with Crippen molar-refractivity contribution in [1.29, 1.82) is 0 Å². The van der Waals surface area contributed by atoms with Crippen molar-refractivity contribution < 1.29 is 4.74 Å². The van der Waals surface area contributed by atoms with E-state index in [0.717, 1.165) is 37.5 Å². The van der Waals surface area contributed by atoms with Gasteiger partial charge < -0.3 is 4.74 Å². The molecule has 2 aromatic heterocycles. The molecule has 5 heteroatoms. The number of aromatic amines is 1. The molecule has 0 atom stereocenters. The van der Waals surface area contributed by atoms with Crippen molar-refractivity contribution in [1.82, 2.24) is 14.6 Å². The van der Waals surface area contributed by atoms with Gasteiger partial charge in [-0.2, -0.15) is 5.10 Å². The van der Waals surface area contributed by atoms with Crippen LogP contribution in [0.5, 0.6) is 0 Å². The first-order valence-electron chi connectivity index (χ1n) is 5.49. The number of nitrogens with zero attached hydrogens (tertiary/aromatic N) is 2. The van der Waals surface area contributed by atoms with Crippen LogP contribution in [-0.2, 0) is 4.74 Å². The van der Waals surface area contributed by atoms with Gasteiger partial charge in [-0.25, -0.2) is 0 Å². The summed E-state index contributed by atoms with van der Waals surface area (Å²) in [7, 11) is 0. The minimum absolute atomic E-state index is 0.00202. The highest BCUT2D eigenvalue weighted by Gasteiger charge is 2.20. The van der Waals surface area contributed by atoms with Crippen molar-refractivity contribution in [2.45, 2.75) is 18.8 Å². The summed E-state index contributed by atoms with van der Waals surface area (Å²) in [5.74, 6) is 1.42. The fourth-order valence-electron chi connectivity index (χ4n) is 2.18. The van der Waals surface area contributed by atoms with E-state index in [1.807, 2.05) is 4.40 Å². The molecule has 0 bridgehead atoms. The molecule has 1 aliphatic heterocycles. The topological polar surface area (TPSA) is 59.4 Å². The molecule has 0 unspecified atom stereocenters. The van der Waals surface area contributed by atoms with Crippen LogP contribution in [0, 0.1) is 0 Å². The summed E-state index contributed by atoms with van der Waals surface area (Å²) in [6.45, 7) is 1.58. The molecule has 0 amide bonds. The molecule has 0 aliphatic carbocycles. The summed E-state index contributed by atoms with van der Waals surface area (Å²) in [5, 5.41) is 7.20. The van der Waals surface area contributed by atoms with Crippen LogP contribution in [0.25, 0.3) is 5.65 Å². The van der Waals surface area contributed by atoms with E-state index in [9.17, 15) is 4.79 Å². The maximum Gasteiger partial charge on any atom is 0.183 e. The SMILES string of the molecule is O=c1ccn2c(C3CCOCC3)n[nH]c2c1. The normalized spacial score (nSPS) is 18.0. The molecule has 1 fully saturated rings. The Kier molecular flexibility index (Phi) is 2.25. The summed E-state index contributed by atoms with van der Waals surface area (Å²) in [6.07, 6.45) is 3.77. The maximum absolute atomic E-state index is 11.2. The number of nitrogens with one attached hydrogen (secondary N) is 1. The van der Waals surface area contributed by atoms with Gasteiger partial charge in [0.2, 0.25) is 0 Å². The Morgan fingerprint density at radius 3 is 3.06 bits per heavy atom. The van der Waals surface area contributed by atoms with Gasteiger partial charge in [0, 0.05) is 37.5 Å². The third-order valence-electron chi connectivity index (χ3n) is 3.04. The predicted molar refractivity (Wildman–Crippen MR) is 58.6 cm³/mol. The lowest BCUT2D eigenvalue weighted by atomic mass is 10.00. The number of pyridine rings is 1. The largest absolute Gasteiger partial charge is 0.381 e. The van der Waals surface area contributed by atoms with Crippen molar-refractivity contribution in [3.05, 3.63) is 34.4 Å². The number of hydrogen-bond donors (Lipinski definition) is 1. The monoisotopic (exact) mass is 219 g/mol. The molecule has 0 radical (unpaired) electrons. The minimum atomic E-state index is 0.00202. The van der Waals surface area contributed by atoms with Gasteiger partial charge in [-0.15, -0.1) is 0 Å². The Hall–Kier alpha value is -1.62. The minimum Gasteiger partial charge on any atom is -0.381 e. The lowest BCUT2D eigenvalue weighted by molar-refractivity contribution is 0.0834. The van der Waals surface area contributed by atoms with E-state index in [4.69, 9.17) is 4.74 Å². The summed E-state index contributed by atoms with van der Waals surface area (Å²) in [6, 6.07) is 3.13. The first-order valence-corrected chi connectivity index (χ1v) is 5.49. The van der Waals surface area contributed by atoms with Crippen molar-refractivity contribution in [3.63, 3.8) is 0 Å². The molecule has 1 N–H and O–H groups in total. The number of hydrogen-bond acceptors (Lipinski definition) is 3. The fraction of sp³-hybridized carbons (Fsp3) is 0.455. The van der Waals surface area contributed by atoms with E-state index in [-0.39, 0.29) is 5.43 Å². The van der Waals surface area contributed by atoms with Gasteiger partial charge in [-0.3, -0.25) is 14.3 Å². The van der Waals surface area contributed by atoms with Crippen molar-refractivity contribution >= 4 is 5.65 Å². The zero-order chi connectivity index (χ0) is 11.0. The molecule has 1 saturated heterocycles. The second-order valence-corrected chi connectivity index (χ2v) is 4.09. The average molecular weight is 219 g/mol. The fourth-order valence-corrected chi connectivity index (χ4v) is 2.18. The van der Waals surface area contributed by atoms with Gasteiger partial charge in [-0.05, 0) is 12.8 Å². The number of rotatable bonds is 1. The van der Waals surface area contributed by atoms with Gasteiger partial charge in [0.05, 0.1) is 0 Å².